The van der Waals surface area contributed by atoms with Crippen LogP contribution in [-0.2, 0) is 15.7 Å². The molecule has 1 heterocycles. The number of benzene rings is 1. The third-order valence-corrected chi connectivity index (χ3v) is 4.65. The van der Waals surface area contributed by atoms with Crippen LogP contribution in [0.1, 0.15) is 19.4 Å². The first kappa shape index (κ1) is 21.3. The number of piperazine rings is 1. The van der Waals surface area contributed by atoms with Crippen molar-refractivity contribution in [2.75, 3.05) is 38.1 Å². The molecule has 1 aliphatic heterocycles. The Morgan fingerprint density at radius 2 is 1.89 bits per heavy atom. The maximum atomic E-state index is 12.8. The number of nitrogens with zero attached hydrogens (tertiary/aromatic N) is 2. The van der Waals surface area contributed by atoms with E-state index in [0.29, 0.717) is 26.2 Å². The van der Waals surface area contributed by atoms with Crippen LogP contribution in [0.2, 0.25) is 5.02 Å². The number of ether oxygens (including phenoxy) is 1. The van der Waals surface area contributed by atoms with Gasteiger partial charge < -0.3 is 15.0 Å². The maximum absolute atomic E-state index is 12.8. The summed E-state index contributed by atoms with van der Waals surface area (Å²) in [5.74, 6) is -0.471. The van der Waals surface area contributed by atoms with Crippen LogP contribution >= 0.6 is 11.6 Å². The van der Waals surface area contributed by atoms with E-state index in [4.69, 9.17) is 16.3 Å². The van der Waals surface area contributed by atoms with Gasteiger partial charge in [-0.25, -0.2) is 4.79 Å². The molecule has 0 unspecified atom stereocenters. The highest BCUT2D eigenvalue weighted by Gasteiger charge is 2.32. The molecule has 1 aliphatic rings. The van der Waals surface area contributed by atoms with E-state index < -0.39 is 29.8 Å². The Morgan fingerprint density at radius 1 is 1.26 bits per heavy atom. The fourth-order valence-corrected chi connectivity index (χ4v) is 2.87. The van der Waals surface area contributed by atoms with E-state index in [2.05, 4.69) is 5.32 Å². The largest absolute Gasteiger partial charge is 0.450 e. The number of anilines is 1. The van der Waals surface area contributed by atoms with Crippen molar-refractivity contribution in [1.29, 1.82) is 0 Å². The van der Waals surface area contributed by atoms with Crippen molar-refractivity contribution < 1.29 is 27.5 Å². The summed E-state index contributed by atoms with van der Waals surface area (Å²) in [5.41, 5.74) is -0.980. The minimum atomic E-state index is -4.53. The second-order valence-corrected chi connectivity index (χ2v) is 6.49. The van der Waals surface area contributed by atoms with Crippen molar-refractivity contribution in [3.63, 3.8) is 0 Å². The van der Waals surface area contributed by atoms with Crippen molar-refractivity contribution in [2.45, 2.75) is 26.1 Å². The minimum Gasteiger partial charge on any atom is -0.450 e. The lowest BCUT2D eigenvalue weighted by atomic mass is 10.1. The van der Waals surface area contributed by atoms with Crippen molar-refractivity contribution in [1.82, 2.24) is 9.80 Å². The molecule has 1 N–H and O–H groups in total. The van der Waals surface area contributed by atoms with Gasteiger partial charge >= 0.3 is 12.3 Å². The third-order valence-electron chi connectivity index (χ3n) is 4.32. The zero-order valence-electron chi connectivity index (χ0n) is 15.0. The summed E-state index contributed by atoms with van der Waals surface area (Å²) in [6, 6.07) is 2.17. The number of carbonyl (C=O) groups excluding carboxylic acids is 2. The average Bonchev–Trinajstić information content (AvgIpc) is 2.62. The predicted octanol–water partition coefficient (Wildman–Crippen LogP) is 3.46. The van der Waals surface area contributed by atoms with Crippen LogP contribution in [-0.4, -0.2) is 60.6 Å². The van der Waals surface area contributed by atoms with Crippen molar-refractivity contribution in [2.24, 2.45) is 0 Å². The van der Waals surface area contributed by atoms with E-state index in [1.807, 2.05) is 4.90 Å². The van der Waals surface area contributed by atoms with Gasteiger partial charge in [0.05, 0.1) is 28.9 Å². The molecule has 1 saturated heterocycles. The maximum Gasteiger partial charge on any atom is 0.416 e. The molecule has 2 amide bonds. The molecule has 0 aromatic heterocycles. The summed E-state index contributed by atoms with van der Waals surface area (Å²) >= 11 is 5.91. The molecule has 6 nitrogen and oxygen atoms in total. The molecular formula is C17H21ClF3N3O3. The van der Waals surface area contributed by atoms with Crippen molar-refractivity contribution in [3.8, 4) is 0 Å². The zero-order chi connectivity index (χ0) is 20.2. The number of alkyl halides is 3. The molecule has 1 fully saturated rings. The fourth-order valence-electron chi connectivity index (χ4n) is 2.71. The summed E-state index contributed by atoms with van der Waals surface area (Å²) in [7, 11) is 0. The number of nitrogens with one attached hydrogen (secondary N) is 1. The molecule has 0 bridgehead atoms. The first-order chi connectivity index (χ1) is 12.6. The van der Waals surface area contributed by atoms with Gasteiger partial charge in [-0.15, -0.1) is 0 Å². The minimum absolute atomic E-state index is 0.0238. The molecule has 0 aliphatic carbocycles. The van der Waals surface area contributed by atoms with Crippen LogP contribution in [0.15, 0.2) is 18.2 Å². The summed E-state index contributed by atoms with van der Waals surface area (Å²) in [6.45, 7) is 5.36. The Hall–Kier alpha value is -2.00. The van der Waals surface area contributed by atoms with Crippen LogP contribution in [0.3, 0.4) is 0 Å². The molecule has 0 saturated carbocycles. The molecule has 1 atom stereocenters. The van der Waals surface area contributed by atoms with Crippen LogP contribution in [0.4, 0.5) is 23.7 Å². The second-order valence-electron chi connectivity index (χ2n) is 6.08. The number of hydrogen-bond donors (Lipinski definition) is 1. The molecule has 1 aromatic carbocycles. The number of rotatable bonds is 4. The first-order valence-corrected chi connectivity index (χ1v) is 8.84. The molecule has 2 rings (SSSR count). The smallest absolute Gasteiger partial charge is 0.416 e. The number of halogens is 4. The van der Waals surface area contributed by atoms with Crippen LogP contribution in [0.5, 0.6) is 0 Å². The van der Waals surface area contributed by atoms with Gasteiger partial charge in [0, 0.05) is 26.2 Å². The molecule has 27 heavy (non-hydrogen) atoms. The van der Waals surface area contributed by atoms with E-state index in [9.17, 15) is 22.8 Å². The SMILES string of the molecule is CCOC(=O)N1CCN([C@H](C)C(=O)Nc2cc(C(F)(F)F)ccc2Cl)CC1. The molecule has 150 valence electrons. The topological polar surface area (TPSA) is 61.9 Å². The average molecular weight is 408 g/mol. The fraction of sp³-hybridized carbons (Fsp3) is 0.529. The quantitative estimate of drug-likeness (QED) is 0.830. The monoisotopic (exact) mass is 407 g/mol. The molecular weight excluding hydrogens is 387 g/mol. The molecule has 0 spiro atoms. The van der Waals surface area contributed by atoms with Crippen molar-refractivity contribution >= 4 is 29.3 Å². The Morgan fingerprint density at radius 3 is 2.44 bits per heavy atom. The van der Waals surface area contributed by atoms with Gasteiger partial charge in [0.2, 0.25) is 5.91 Å². The third kappa shape index (κ3) is 5.49. The highest BCUT2D eigenvalue weighted by molar-refractivity contribution is 6.33. The Labute approximate surface area is 160 Å². The molecule has 10 heteroatoms. The normalized spacial score (nSPS) is 16.7. The number of amides is 2. The van der Waals surface area contributed by atoms with E-state index in [1.54, 1.807) is 18.7 Å². The van der Waals surface area contributed by atoms with E-state index in [-0.39, 0.29) is 17.3 Å². The van der Waals surface area contributed by atoms with Crippen LogP contribution < -0.4 is 5.32 Å². The summed E-state index contributed by atoms with van der Waals surface area (Å²) in [6.07, 6.45) is -4.93. The first-order valence-electron chi connectivity index (χ1n) is 8.46. The summed E-state index contributed by atoms with van der Waals surface area (Å²) in [4.78, 5) is 27.5. The lowest BCUT2D eigenvalue weighted by Gasteiger charge is -2.36. The highest BCUT2D eigenvalue weighted by atomic mass is 35.5. The number of hydrogen-bond acceptors (Lipinski definition) is 4. The van der Waals surface area contributed by atoms with Gasteiger partial charge in [-0.05, 0) is 32.0 Å². The van der Waals surface area contributed by atoms with Gasteiger partial charge in [0.25, 0.3) is 0 Å². The predicted molar refractivity (Wildman–Crippen MR) is 94.7 cm³/mol. The second kappa shape index (κ2) is 8.79. The van der Waals surface area contributed by atoms with Gasteiger partial charge in [-0.1, -0.05) is 11.6 Å². The summed E-state index contributed by atoms with van der Waals surface area (Å²) in [5, 5.41) is 2.48. The van der Waals surface area contributed by atoms with E-state index >= 15 is 0 Å². The highest BCUT2D eigenvalue weighted by Crippen LogP contribution is 2.33. The van der Waals surface area contributed by atoms with Gasteiger partial charge in [0.15, 0.2) is 0 Å². The lowest BCUT2D eigenvalue weighted by molar-refractivity contribution is -0.137. The van der Waals surface area contributed by atoms with Gasteiger partial charge in [-0.2, -0.15) is 13.2 Å². The summed E-state index contributed by atoms with van der Waals surface area (Å²) < 4.78 is 43.4. The van der Waals surface area contributed by atoms with E-state index in [1.165, 1.54) is 0 Å². The Kier molecular flexibility index (Phi) is 6.94. The van der Waals surface area contributed by atoms with Crippen molar-refractivity contribution in [3.05, 3.63) is 28.8 Å². The van der Waals surface area contributed by atoms with Gasteiger partial charge in [-0.3, -0.25) is 9.69 Å². The number of carbonyl (C=O) groups is 2. The Bertz CT molecular complexity index is 692. The zero-order valence-corrected chi connectivity index (χ0v) is 15.7. The van der Waals surface area contributed by atoms with Crippen LogP contribution in [0.25, 0.3) is 0 Å². The molecule has 1 aromatic rings. The van der Waals surface area contributed by atoms with E-state index in [0.717, 1.165) is 18.2 Å². The standard InChI is InChI=1S/C17H21ClF3N3O3/c1-3-27-16(26)24-8-6-23(7-9-24)11(2)15(25)22-14-10-12(17(19,20)21)4-5-13(14)18/h4-5,10-11H,3,6-9H2,1-2H3,(H,22,25)/t11-/m1/s1. The van der Waals surface area contributed by atoms with Crippen LogP contribution in [0, 0.1) is 0 Å². The van der Waals surface area contributed by atoms with Gasteiger partial charge in [0.1, 0.15) is 0 Å². The molecule has 0 radical (unpaired) electrons. The Balaban J connectivity index is 1.98. The lowest BCUT2D eigenvalue weighted by Crippen LogP contribution is -2.54.